The molecule has 0 radical (unpaired) electrons. The van der Waals surface area contributed by atoms with Crippen LogP contribution < -0.4 is 20.4 Å². The number of hydrogen-bond donors (Lipinski definition) is 0. The number of para-hydroxylation sites is 1. The molecule has 0 N–H and O–H groups in total. The highest BCUT2D eigenvalue weighted by molar-refractivity contribution is 9.10. The minimum absolute atomic E-state index is 0.225. The summed E-state index contributed by atoms with van der Waals surface area (Å²) in [5.74, 6) is 0.700. The molecule has 198 valence electrons. The molecule has 8 nitrogen and oxygen atoms in total. The van der Waals surface area contributed by atoms with Crippen molar-refractivity contribution in [3.63, 3.8) is 0 Å². The normalized spacial score (nSPS) is 11.8. The van der Waals surface area contributed by atoms with Gasteiger partial charge in [0.2, 0.25) is 4.96 Å². The van der Waals surface area contributed by atoms with Crippen LogP contribution in [0.5, 0.6) is 5.75 Å². The molecule has 6 aromatic rings. The van der Waals surface area contributed by atoms with E-state index in [0.717, 1.165) is 43.8 Å². The number of fused-ring (bicyclic) bond motifs is 1. The van der Waals surface area contributed by atoms with Crippen molar-refractivity contribution < 1.29 is 4.74 Å². The first kappa shape index (κ1) is 25.8. The predicted molar refractivity (Wildman–Crippen MR) is 159 cm³/mol. The third-order valence-electron chi connectivity index (χ3n) is 6.42. The van der Waals surface area contributed by atoms with Gasteiger partial charge in [0.25, 0.3) is 11.1 Å². The Morgan fingerprint density at radius 2 is 1.77 bits per heavy atom. The highest BCUT2D eigenvalue weighted by Gasteiger charge is 2.16. The first-order valence-corrected chi connectivity index (χ1v) is 14.0. The summed E-state index contributed by atoms with van der Waals surface area (Å²) in [6, 6.07) is 23.3. The first-order valence-electron chi connectivity index (χ1n) is 12.4. The summed E-state index contributed by atoms with van der Waals surface area (Å²) < 4.78 is 9.56. The Morgan fingerprint density at radius 3 is 2.50 bits per heavy atom. The average molecular weight is 613 g/mol. The molecule has 0 saturated heterocycles. The lowest BCUT2D eigenvalue weighted by molar-refractivity contribution is 0.412. The number of ether oxygens (including phenoxy) is 1. The number of thiazole rings is 1. The summed E-state index contributed by atoms with van der Waals surface area (Å²) >= 11 is 4.68. The Balaban J connectivity index is 1.48. The van der Waals surface area contributed by atoms with Gasteiger partial charge in [-0.15, -0.1) is 0 Å². The summed E-state index contributed by atoms with van der Waals surface area (Å²) in [6.45, 7) is 2.00. The summed E-state index contributed by atoms with van der Waals surface area (Å²) in [5, 5.41) is 9.24. The van der Waals surface area contributed by atoms with Crippen molar-refractivity contribution >= 4 is 38.3 Å². The van der Waals surface area contributed by atoms with Gasteiger partial charge >= 0.3 is 0 Å². The zero-order valence-corrected chi connectivity index (χ0v) is 23.9. The molecule has 0 atom stereocenters. The highest BCUT2D eigenvalue weighted by Crippen LogP contribution is 2.32. The van der Waals surface area contributed by atoms with Crippen LogP contribution in [0.4, 0.5) is 0 Å². The molecular formula is C30H22BrN5O3S. The van der Waals surface area contributed by atoms with E-state index >= 15 is 0 Å². The number of nitrogens with zero attached hydrogens (tertiary/aromatic N) is 5. The molecule has 0 bridgehead atoms. The minimum Gasteiger partial charge on any atom is -0.496 e. The van der Waals surface area contributed by atoms with E-state index in [2.05, 4.69) is 26.0 Å². The molecule has 0 fully saturated rings. The zero-order valence-electron chi connectivity index (χ0n) is 21.5. The second-order valence-corrected chi connectivity index (χ2v) is 11.1. The van der Waals surface area contributed by atoms with Gasteiger partial charge in [-0.25, -0.2) is 4.68 Å². The van der Waals surface area contributed by atoms with Crippen LogP contribution >= 0.6 is 27.3 Å². The molecule has 0 saturated carbocycles. The summed E-state index contributed by atoms with van der Waals surface area (Å²) in [6.07, 6.45) is 3.94. The van der Waals surface area contributed by atoms with Crippen LogP contribution in [0.2, 0.25) is 0 Å². The van der Waals surface area contributed by atoms with Crippen molar-refractivity contribution in [3.05, 3.63) is 131 Å². The van der Waals surface area contributed by atoms with Gasteiger partial charge < -0.3 is 4.74 Å². The molecule has 10 heteroatoms. The van der Waals surface area contributed by atoms with Crippen LogP contribution in [-0.4, -0.2) is 31.5 Å². The molecule has 0 aliphatic heterocycles. The largest absolute Gasteiger partial charge is 0.496 e. The van der Waals surface area contributed by atoms with Gasteiger partial charge in [0, 0.05) is 23.7 Å². The molecule has 6 rings (SSSR count). The molecule has 0 amide bonds. The molecule has 0 aliphatic carbocycles. The standard InChI is InChI=1S/C30H22BrN5O3S/c1-18-8-10-19(11-9-18)14-24-28(37)32-30-36(33-24)29(38)26(40-30)16-21-17-35(22-6-4-3-5-7-22)34-27(21)20-12-13-25(39-2)23(31)15-20/h3-13,15-17H,14H2,1-2H3/b26-16-. The van der Waals surface area contributed by atoms with Crippen LogP contribution in [0.25, 0.3) is 28.0 Å². The molecule has 40 heavy (non-hydrogen) atoms. The third-order valence-corrected chi connectivity index (χ3v) is 8.00. The van der Waals surface area contributed by atoms with Crippen molar-refractivity contribution in [3.8, 4) is 22.7 Å². The molecular weight excluding hydrogens is 590 g/mol. The van der Waals surface area contributed by atoms with E-state index in [4.69, 9.17) is 9.84 Å². The fourth-order valence-corrected chi connectivity index (χ4v) is 5.77. The van der Waals surface area contributed by atoms with E-state index in [1.807, 2.05) is 85.9 Å². The van der Waals surface area contributed by atoms with Crippen molar-refractivity contribution in [2.45, 2.75) is 13.3 Å². The van der Waals surface area contributed by atoms with E-state index in [9.17, 15) is 9.59 Å². The van der Waals surface area contributed by atoms with E-state index in [-0.39, 0.29) is 16.2 Å². The Kier molecular flexibility index (Phi) is 6.87. The fourth-order valence-electron chi connectivity index (χ4n) is 4.34. The topological polar surface area (TPSA) is 91.4 Å². The summed E-state index contributed by atoms with van der Waals surface area (Å²) in [4.78, 5) is 30.6. The molecule has 0 aliphatic rings. The van der Waals surface area contributed by atoms with Crippen molar-refractivity contribution in [2.24, 2.45) is 0 Å². The van der Waals surface area contributed by atoms with E-state index in [1.54, 1.807) is 17.9 Å². The monoisotopic (exact) mass is 611 g/mol. The van der Waals surface area contributed by atoms with Gasteiger partial charge in [-0.05, 0) is 64.8 Å². The van der Waals surface area contributed by atoms with Crippen LogP contribution in [0.3, 0.4) is 0 Å². The van der Waals surface area contributed by atoms with Crippen molar-refractivity contribution in [1.29, 1.82) is 0 Å². The first-order chi connectivity index (χ1) is 19.4. The maximum Gasteiger partial charge on any atom is 0.296 e. The summed E-state index contributed by atoms with van der Waals surface area (Å²) in [5.41, 5.74) is 4.63. The van der Waals surface area contributed by atoms with Crippen molar-refractivity contribution in [2.75, 3.05) is 7.11 Å². The number of aryl methyl sites for hydroxylation is 1. The van der Waals surface area contributed by atoms with Gasteiger partial charge in [-0.1, -0.05) is 59.4 Å². The number of rotatable bonds is 6. The second kappa shape index (κ2) is 10.6. The predicted octanol–water partition coefficient (Wildman–Crippen LogP) is 4.58. The molecule has 3 aromatic heterocycles. The number of aromatic nitrogens is 5. The highest BCUT2D eigenvalue weighted by atomic mass is 79.9. The van der Waals surface area contributed by atoms with Crippen LogP contribution in [0, 0.1) is 6.92 Å². The lowest BCUT2D eigenvalue weighted by Crippen LogP contribution is -2.28. The number of hydrogen-bond acceptors (Lipinski definition) is 7. The van der Waals surface area contributed by atoms with Crippen LogP contribution in [-0.2, 0) is 6.42 Å². The van der Waals surface area contributed by atoms with Gasteiger partial charge in [-0.2, -0.15) is 19.7 Å². The lowest BCUT2D eigenvalue weighted by Gasteiger charge is -2.05. The number of halogens is 1. The quantitative estimate of drug-likeness (QED) is 0.274. The zero-order chi connectivity index (χ0) is 27.8. The smallest absolute Gasteiger partial charge is 0.296 e. The Hall–Kier alpha value is -4.41. The molecule has 0 unspecified atom stereocenters. The van der Waals surface area contributed by atoms with Crippen molar-refractivity contribution in [1.82, 2.24) is 24.4 Å². The second-order valence-electron chi connectivity index (χ2n) is 9.20. The van der Waals surface area contributed by atoms with E-state index < -0.39 is 5.56 Å². The molecule has 3 heterocycles. The van der Waals surface area contributed by atoms with Gasteiger partial charge in [-0.3, -0.25) is 9.59 Å². The van der Waals surface area contributed by atoms with Crippen LogP contribution in [0.1, 0.15) is 22.4 Å². The Morgan fingerprint density at radius 1 is 1.00 bits per heavy atom. The third kappa shape index (κ3) is 4.99. The maximum absolute atomic E-state index is 13.4. The van der Waals surface area contributed by atoms with Gasteiger partial charge in [0.05, 0.1) is 21.8 Å². The number of benzene rings is 3. The van der Waals surface area contributed by atoms with E-state index in [0.29, 0.717) is 22.4 Å². The Bertz CT molecular complexity index is 2030. The SMILES string of the molecule is COc1ccc(-c2nn(-c3ccccc3)cc2/C=c2\sc3nc(=O)c(Cc4ccc(C)cc4)nn3c2=O)cc1Br. The minimum atomic E-state index is -0.436. The fraction of sp³-hybridized carbons (Fsp3) is 0.100. The Labute approximate surface area is 241 Å². The van der Waals surface area contributed by atoms with E-state index in [1.165, 1.54) is 4.52 Å². The molecule has 0 spiro atoms. The van der Waals surface area contributed by atoms with Gasteiger partial charge in [0.15, 0.2) is 0 Å². The summed E-state index contributed by atoms with van der Waals surface area (Å²) in [7, 11) is 1.61. The maximum atomic E-state index is 13.4. The van der Waals surface area contributed by atoms with Gasteiger partial charge in [0.1, 0.15) is 17.1 Å². The van der Waals surface area contributed by atoms with Crippen LogP contribution in [0.15, 0.2) is 93.1 Å². The molecule has 3 aromatic carbocycles. The average Bonchev–Trinajstić information content (AvgIpc) is 3.51. The lowest BCUT2D eigenvalue weighted by atomic mass is 10.1. The number of methoxy groups -OCH3 is 1.